The lowest BCUT2D eigenvalue weighted by atomic mass is 10.2. The summed E-state index contributed by atoms with van der Waals surface area (Å²) in [6.45, 7) is 6.18. The summed E-state index contributed by atoms with van der Waals surface area (Å²) >= 11 is 0. The normalized spacial score (nSPS) is 12.4. The van der Waals surface area contributed by atoms with Crippen molar-refractivity contribution >= 4 is 34.3 Å². The van der Waals surface area contributed by atoms with Gasteiger partial charge in [0.05, 0.1) is 30.2 Å². The molecule has 0 spiro atoms. The van der Waals surface area contributed by atoms with Gasteiger partial charge in [-0.05, 0) is 41.8 Å². The lowest BCUT2D eigenvalue weighted by Gasteiger charge is -2.19. The monoisotopic (exact) mass is 515 g/mol. The van der Waals surface area contributed by atoms with E-state index in [2.05, 4.69) is 20.6 Å². The van der Waals surface area contributed by atoms with Gasteiger partial charge >= 0.3 is 5.97 Å². The molecular formula is C28H29N5O5. The van der Waals surface area contributed by atoms with E-state index in [9.17, 15) is 9.59 Å². The van der Waals surface area contributed by atoms with Gasteiger partial charge in [0.25, 0.3) is 5.91 Å². The van der Waals surface area contributed by atoms with E-state index in [0.717, 1.165) is 22.7 Å². The van der Waals surface area contributed by atoms with Gasteiger partial charge in [0.1, 0.15) is 18.9 Å². The van der Waals surface area contributed by atoms with Gasteiger partial charge in [0, 0.05) is 30.9 Å². The standard InChI is InChI=1S/C28H29N5O5/c1-17(2)16-33-25(28(35)36-3)24(32-27(34)19-5-4-8-29-14-19)21-12-20(15-31-26(21)33)30-13-18-6-7-22-23(11-18)38-10-9-37-22/h4-8,11-12,14-15,17,30H,9-10,13,16H2,1-3H3,(H,32,34). The highest BCUT2D eigenvalue weighted by atomic mass is 16.6. The molecule has 5 rings (SSSR count). The molecule has 0 aliphatic carbocycles. The van der Waals surface area contributed by atoms with Crippen LogP contribution in [0.4, 0.5) is 11.4 Å². The van der Waals surface area contributed by atoms with Crippen molar-refractivity contribution in [3.05, 3.63) is 71.8 Å². The van der Waals surface area contributed by atoms with Gasteiger partial charge in [-0.1, -0.05) is 19.9 Å². The first-order chi connectivity index (χ1) is 18.4. The van der Waals surface area contributed by atoms with Gasteiger partial charge in [-0.3, -0.25) is 9.78 Å². The molecule has 3 aromatic heterocycles. The molecule has 10 nitrogen and oxygen atoms in total. The van der Waals surface area contributed by atoms with Gasteiger partial charge in [-0.15, -0.1) is 0 Å². The number of hydrogen-bond acceptors (Lipinski definition) is 8. The molecule has 0 fully saturated rings. The van der Waals surface area contributed by atoms with Crippen LogP contribution in [0, 0.1) is 5.92 Å². The number of benzene rings is 1. The molecule has 0 unspecified atom stereocenters. The molecule has 1 aromatic carbocycles. The Morgan fingerprint density at radius 3 is 2.66 bits per heavy atom. The van der Waals surface area contributed by atoms with Crippen molar-refractivity contribution in [2.45, 2.75) is 26.9 Å². The minimum atomic E-state index is -0.559. The second-order valence-corrected chi connectivity index (χ2v) is 9.34. The molecule has 0 saturated carbocycles. The van der Waals surface area contributed by atoms with Crippen molar-refractivity contribution in [3.8, 4) is 11.5 Å². The molecule has 38 heavy (non-hydrogen) atoms. The maximum Gasteiger partial charge on any atom is 0.356 e. The Balaban J connectivity index is 1.52. The van der Waals surface area contributed by atoms with Crippen molar-refractivity contribution in [2.75, 3.05) is 31.0 Å². The third-order valence-electron chi connectivity index (χ3n) is 6.09. The summed E-state index contributed by atoms with van der Waals surface area (Å²) in [6.07, 6.45) is 4.78. The van der Waals surface area contributed by atoms with Crippen LogP contribution in [0.3, 0.4) is 0 Å². The highest BCUT2D eigenvalue weighted by Crippen LogP contribution is 2.34. The molecular weight excluding hydrogens is 486 g/mol. The number of hydrogen-bond donors (Lipinski definition) is 2. The van der Waals surface area contributed by atoms with Crippen molar-refractivity contribution in [1.82, 2.24) is 14.5 Å². The molecule has 2 N–H and O–H groups in total. The first kappa shape index (κ1) is 25.1. The van der Waals surface area contributed by atoms with Gasteiger partial charge in [0.15, 0.2) is 17.2 Å². The number of esters is 1. The fourth-order valence-electron chi connectivity index (χ4n) is 4.38. The molecule has 0 radical (unpaired) electrons. The van der Waals surface area contributed by atoms with Gasteiger partial charge in [0.2, 0.25) is 0 Å². The summed E-state index contributed by atoms with van der Waals surface area (Å²) in [5.74, 6) is 0.722. The second-order valence-electron chi connectivity index (χ2n) is 9.34. The maximum absolute atomic E-state index is 13.1. The number of fused-ring (bicyclic) bond motifs is 2. The summed E-state index contributed by atoms with van der Waals surface area (Å²) in [6, 6.07) is 11.0. The molecule has 0 bridgehead atoms. The lowest BCUT2D eigenvalue weighted by molar-refractivity contribution is 0.0589. The van der Waals surface area contributed by atoms with Crippen molar-refractivity contribution in [3.63, 3.8) is 0 Å². The van der Waals surface area contributed by atoms with E-state index in [1.165, 1.54) is 13.3 Å². The number of carbonyl (C=O) groups excluding carboxylic acids is 2. The number of nitrogens with one attached hydrogen (secondary N) is 2. The number of nitrogens with zero attached hydrogens (tertiary/aromatic N) is 3. The van der Waals surface area contributed by atoms with E-state index >= 15 is 0 Å². The van der Waals surface area contributed by atoms with Crippen molar-refractivity contribution < 1.29 is 23.8 Å². The molecule has 10 heteroatoms. The van der Waals surface area contributed by atoms with Gasteiger partial charge < -0.3 is 29.4 Å². The largest absolute Gasteiger partial charge is 0.486 e. The number of methoxy groups -OCH3 is 1. The molecule has 196 valence electrons. The van der Waals surface area contributed by atoms with Crippen LogP contribution in [0.25, 0.3) is 11.0 Å². The number of amides is 1. The second kappa shape index (κ2) is 10.8. The topological polar surface area (TPSA) is 117 Å². The quantitative estimate of drug-likeness (QED) is 0.329. The Morgan fingerprint density at radius 1 is 1.11 bits per heavy atom. The lowest BCUT2D eigenvalue weighted by Crippen LogP contribution is -2.18. The van der Waals surface area contributed by atoms with Crippen LogP contribution in [-0.4, -0.2) is 46.7 Å². The highest BCUT2D eigenvalue weighted by molar-refractivity contribution is 6.14. The smallest absolute Gasteiger partial charge is 0.356 e. The summed E-state index contributed by atoms with van der Waals surface area (Å²) < 4.78 is 18.2. The van der Waals surface area contributed by atoms with E-state index < -0.39 is 5.97 Å². The van der Waals surface area contributed by atoms with Crippen molar-refractivity contribution in [2.24, 2.45) is 5.92 Å². The fourth-order valence-corrected chi connectivity index (χ4v) is 4.38. The fraction of sp³-hybridized carbons (Fsp3) is 0.286. The summed E-state index contributed by atoms with van der Waals surface area (Å²) in [4.78, 5) is 34.8. The third kappa shape index (κ3) is 5.10. The van der Waals surface area contributed by atoms with E-state index in [1.807, 2.05) is 38.1 Å². The SMILES string of the molecule is COC(=O)c1c(NC(=O)c2cccnc2)c2cc(NCc3ccc4c(c3)OCCO4)cnc2n1CC(C)C. The molecule has 4 aromatic rings. The first-order valence-corrected chi connectivity index (χ1v) is 12.4. The molecule has 0 atom stereocenters. The number of aromatic nitrogens is 3. The van der Waals surface area contributed by atoms with E-state index in [-0.39, 0.29) is 17.5 Å². The zero-order valence-corrected chi connectivity index (χ0v) is 21.5. The van der Waals surface area contributed by atoms with Crippen LogP contribution in [0.15, 0.2) is 55.0 Å². The maximum atomic E-state index is 13.1. The van der Waals surface area contributed by atoms with Crippen LogP contribution in [0.1, 0.15) is 40.3 Å². The molecule has 4 heterocycles. The van der Waals surface area contributed by atoms with E-state index in [0.29, 0.717) is 48.6 Å². The number of ether oxygens (including phenoxy) is 3. The Labute approximate surface area is 219 Å². The summed E-state index contributed by atoms with van der Waals surface area (Å²) in [5.41, 5.74) is 3.26. The van der Waals surface area contributed by atoms with Crippen LogP contribution >= 0.6 is 0 Å². The zero-order chi connectivity index (χ0) is 26.6. The predicted octanol–water partition coefficient (Wildman–Crippen LogP) is 4.51. The first-order valence-electron chi connectivity index (χ1n) is 12.4. The van der Waals surface area contributed by atoms with Crippen molar-refractivity contribution in [1.29, 1.82) is 0 Å². The van der Waals surface area contributed by atoms with Gasteiger partial charge in [-0.25, -0.2) is 9.78 Å². The van der Waals surface area contributed by atoms with Crippen LogP contribution < -0.4 is 20.1 Å². The molecule has 1 amide bonds. The Hall–Kier alpha value is -4.60. The Bertz CT molecular complexity index is 1480. The summed E-state index contributed by atoms with van der Waals surface area (Å²) in [5, 5.41) is 6.91. The van der Waals surface area contributed by atoms with Crippen LogP contribution in [-0.2, 0) is 17.8 Å². The molecule has 0 saturated heterocycles. The zero-order valence-electron chi connectivity index (χ0n) is 21.5. The minimum absolute atomic E-state index is 0.214. The van der Waals surface area contributed by atoms with Crippen LogP contribution in [0.2, 0.25) is 0 Å². The minimum Gasteiger partial charge on any atom is -0.486 e. The van der Waals surface area contributed by atoms with Gasteiger partial charge in [-0.2, -0.15) is 0 Å². The van der Waals surface area contributed by atoms with Crippen LogP contribution in [0.5, 0.6) is 11.5 Å². The predicted molar refractivity (Wildman–Crippen MR) is 143 cm³/mol. The summed E-state index contributed by atoms with van der Waals surface area (Å²) in [7, 11) is 1.32. The van der Waals surface area contributed by atoms with E-state index in [4.69, 9.17) is 14.2 Å². The Kier molecular flexibility index (Phi) is 7.12. The highest BCUT2D eigenvalue weighted by Gasteiger charge is 2.27. The number of rotatable bonds is 8. The molecule has 1 aliphatic rings. The number of carbonyl (C=O) groups is 2. The third-order valence-corrected chi connectivity index (χ3v) is 6.09. The average molecular weight is 516 g/mol. The Morgan fingerprint density at radius 2 is 1.92 bits per heavy atom. The number of anilines is 2. The number of pyridine rings is 2. The average Bonchev–Trinajstić information content (AvgIpc) is 3.23. The molecule has 1 aliphatic heterocycles. The van der Waals surface area contributed by atoms with E-state index in [1.54, 1.807) is 29.1 Å².